The molecular weight excluding hydrogens is 144 g/mol. The molecule has 0 aliphatic rings. The van der Waals surface area contributed by atoms with E-state index in [0.29, 0.717) is 6.42 Å². The number of hydrogen-bond acceptors (Lipinski definition) is 3. The van der Waals surface area contributed by atoms with Crippen LogP contribution in [0, 0.1) is 0 Å². The van der Waals surface area contributed by atoms with E-state index in [2.05, 4.69) is 6.58 Å². The number of rotatable bonds is 6. The van der Waals surface area contributed by atoms with Crippen LogP contribution < -0.4 is 0 Å². The second-order valence-electron chi connectivity index (χ2n) is 2.44. The molecule has 0 aliphatic heterocycles. The predicted octanol–water partition coefficient (Wildman–Crippen LogP) is 0.322. The molecule has 0 heterocycles. The van der Waals surface area contributed by atoms with Crippen LogP contribution in [0.5, 0.6) is 0 Å². The quantitative estimate of drug-likeness (QED) is 0.434. The molecular formula is C8H16O3. The largest absolute Gasteiger partial charge is 0.394 e. The Kier molecular flexibility index (Phi) is 5.11. The topological polar surface area (TPSA) is 49.7 Å². The first-order valence-corrected chi connectivity index (χ1v) is 3.73. The highest BCUT2D eigenvalue weighted by molar-refractivity contribution is 4.94. The zero-order chi connectivity index (χ0) is 8.74. The fourth-order valence-electron chi connectivity index (χ4n) is 0.619. The van der Waals surface area contributed by atoms with Crippen LogP contribution in [0.25, 0.3) is 0 Å². The molecule has 0 bridgehead atoms. The van der Waals surface area contributed by atoms with Crippen LogP contribution in [0.4, 0.5) is 0 Å². The monoisotopic (exact) mass is 160 g/mol. The SMILES string of the molecule is C=CC(O)(CC)COCCO. The van der Waals surface area contributed by atoms with E-state index in [1.54, 1.807) is 0 Å². The lowest BCUT2D eigenvalue weighted by Gasteiger charge is -2.21. The molecule has 3 nitrogen and oxygen atoms in total. The van der Waals surface area contributed by atoms with E-state index in [4.69, 9.17) is 9.84 Å². The molecule has 0 amide bonds. The van der Waals surface area contributed by atoms with Crippen LogP contribution in [0.3, 0.4) is 0 Å². The summed E-state index contributed by atoms with van der Waals surface area (Å²) in [6.45, 7) is 5.79. The molecule has 0 aromatic rings. The maximum absolute atomic E-state index is 9.53. The molecule has 1 atom stereocenters. The van der Waals surface area contributed by atoms with Gasteiger partial charge >= 0.3 is 0 Å². The first-order valence-electron chi connectivity index (χ1n) is 3.73. The van der Waals surface area contributed by atoms with Crippen molar-refractivity contribution in [2.75, 3.05) is 19.8 Å². The lowest BCUT2D eigenvalue weighted by molar-refractivity contribution is -0.0240. The Hall–Kier alpha value is -0.380. The zero-order valence-corrected chi connectivity index (χ0v) is 6.92. The van der Waals surface area contributed by atoms with Gasteiger partial charge in [0.15, 0.2) is 0 Å². The maximum atomic E-state index is 9.53. The minimum Gasteiger partial charge on any atom is -0.394 e. The van der Waals surface area contributed by atoms with E-state index in [9.17, 15) is 5.11 Å². The van der Waals surface area contributed by atoms with Crippen LogP contribution in [0.2, 0.25) is 0 Å². The Labute approximate surface area is 67.3 Å². The van der Waals surface area contributed by atoms with Gasteiger partial charge in [-0.1, -0.05) is 13.0 Å². The van der Waals surface area contributed by atoms with Gasteiger partial charge < -0.3 is 14.9 Å². The van der Waals surface area contributed by atoms with Crippen molar-refractivity contribution >= 4 is 0 Å². The second-order valence-corrected chi connectivity index (χ2v) is 2.44. The Morgan fingerprint density at radius 3 is 2.64 bits per heavy atom. The van der Waals surface area contributed by atoms with Crippen molar-refractivity contribution in [2.45, 2.75) is 18.9 Å². The van der Waals surface area contributed by atoms with E-state index in [-0.39, 0.29) is 19.8 Å². The highest BCUT2D eigenvalue weighted by Gasteiger charge is 2.19. The number of ether oxygens (including phenoxy) is 1. The van der Waals surface area contributed by atoms with Crippen LogP contribution in [0.15, 0.2) is 12.7 Å². The minimum absolute atomic E-state index is 0.0169. The molecule has 0 fully saturated rings. The third-order valence-corrected chi connectivity index (χ3v) is 1.58. The summed E-state index contributed by atoms with van der Waals surface area (Å²) in [4.78, 5) is 0. The van der Waals surface area contributed by atoms with Crippen molar-refractivity contribution < 1.29 is 14.9 Å². The van der Waals surface area contributed by atoms with E-state index in [1.807, 2.05) is 6.92 Å². The lowest BCUT2D eigenvalue weighted by Crippen LogP contribution is -2.31. The summed E-state index contributed by atoms with van der Waals surface area (Å²) in [7, 11) is 0. The number of aliphatic hydroxyl groups is 2. The van der Waals surface area contributed by atoms with Crippen molar-refractivity contribution in [1.82, 2.24) is 0 Å². The summed E-state index contributed by atoms with van der Waals surface area (Å²) < 4.78 is 4.96. The average molecular weight is 160 g/mol. The van der Waals surface area contributed by atoms with Gasteiger partial charge in [-0.2, -0.15) is 0 Å². The summed E-state index contributed by atoms with van der Waals surface area (Å²) in [6, 6.07) is 0. The van der Waals surface area contributed by atoms with Crippen molar-refractivity contribution in [2.24, 2.45) is 0 Å². The Balaban J connectivity index is 3.60. The van der Waals surface area contributed by atoms with E-state index in [0.717, 1.165) is 0 Å². The molecule has 0 saturated heterocycles. The van der Waals surface area contributed by atoms with Crippen LogP contribution in [-0.4, -0.2) is 35.6 Å². The minimum atomic E-state index is -0.935. The molecule has 1 unspecified atom stereocenters. The fourth-order valence-corrected chi connectivity index (χ4v) is 0.619. The predicted molar refractivity (Wildman–Crippen MR) is 43.3 cm³/mol. The Morgan fingerprint density at radius 1 is 1.64 bits per heavy atom. The second kappa shape index (κ2) is 5.29. The van der Waals surface area contributed by atoms with E-state index in [1.165, 1.54) is 6.08 Å². The van der Waals surface area contributed by atoms with Crippen LogP contribution in [-0.2, 0) is 4.74 Å². The third-order valence-electron chi connectivity index (χ3n) is 1.58. The van der Waals surface area contributed by atoms with Gasteiger partial charge in [0.25, 0.3) is 0 Å². The lowest BCUT2D eigenvalue weighted by atomic mass is 10.0. The molecule has 0 spiro atoms. The van der Waals surface area contributed by atoms with Crippen molar-refractivity contribution in [3.63, 3.8) is 0 Å². The molecule has 11 heavy (non-hydrogen) atoms. The molecule has 0 radical (unpaired) electrons. The average Bonchev–Trinajstić information content (AvgIpc) is 2.05. The normalized spacial score (nSPS) is 15.9. The highest BCUT2D eigenvalue weighted by Crippen LogP contribution is 2.10. The van der Waals surface area contributed by atoms with Gasteiger partial charge in [-0.15, -0.1) is 6.58 Å². The first-order chi connectivity index (χ1) is 5.18. The summed E-state index contributed by atoms with van der Waals surface area (Å²) in [6.07, 6.45) is 2.03. The number of hydrogen-bond donors (Lipinski definition) is 2. The summed E-state index contributed by atoms with van der Waals surface area (Å²) in [5.41, 5.74) is -0.935. The van der Waals surface area contributed by atoms with Gasteiger partial charge in [0.1, 0.15) is 5.60 Å². The molecule has 2 N–H and O–H groups in total. The molecule has 0 aromatic heterocycles. The highest BCUT2D eigenvalue weighted by atomic mass is 16.5. The van der Waals surface area contributed by atoms with E-state index >= 15 is 0 Å². The fraction of sp³-hybridized carbons (Fsp3) is 0.750. The number of aliphatic hydroxyl groups excluding tert-OH is 1. The van der Waals surface area contributed by atoms with E-state index < -0.39 is 5.60 Å². The summed E-state index contributed by atoms with van der Waals surface area (Å²) in [5.74, 6) is 0. The van der Waals surface area contributed by atoms with Gasteiger partial charge in [0.05, 0.1) is 19.8 Å². The van der Waals surface area contributed by atoms with Crippen LogP contribution in [0.1, 0.15) is 13.3 Å². The first kappa shape index (κ1) is 10.6. The standard InChI is InChI=1S/C8H16O3/c1-3-8(10,4-2)7-11-6-5-9/h3,9-10H,1,4-7H2,2H3. The third kappa shape index (κ3) is 4.14. The van der Waals surface area contributed by atoms with Gasteiger partial charge in [-0.05, 0) is 6.42 Å². The molecule has 0 saturated carbocycles. The maximum Gasteiger partial charge on any atom is 0.105 e. The molecule has 0 rings (SSSR count). The Bertz CT molecular complexity index is 114. The van der Waals surface area contributed by atoms with Gasteiger partial charge in [0.2, 0.25) is 0 Å². The summed E-state index contributed by atoms with van der Waals surface area (Å²) in [5, 5.41) is 17.9. The molecule has 66 valence electrons. The smallest absolute Gasteiger partial charge is 0.105 e. The van der Waals surface area contributed by atoms with Crippen molar-refractivity contribution in [1.29, 1.82) is 0 Å². The molecule has 0 aromatic carbocycles. The summed E-state index contributed by atoms with van der Waals surface area (Å²) >= 11 is 0. The molecule has 3 heteroatoms. The van der Waals surface area contributed by atoms with Crippen LogP contribution >= 0.6 is 0 Å². The van der Waals surface area contributed by atoms with Gasteiger partial charge in [-0.25, -0.2) is 0 Å². The zero-order valence-electron chi connectivity index (χ0n) is 6.92. The van der Waals surface area contributed by atoms with Crippen molar-refractivity contribution in [3.8, 4) is 0 Å². The molecule has 0 aliphatic carbocycles. The van der Waals surface area contributed by atoms with Crippen molar-refractivity contribution in [3.05, 3.63) is 12.7 Å². The van der Waals surface area contributed by atoms with Gasteiger partial charge in [0, 0.05) is 0 Å². The Morgan fingerprint density at radius 2 is 2.27 bits per heavy atom. The van der Waals surface area contributed by atoms with Gasteiger partial charge in [-0.3, -0.25) is 0 Å².